The van der Waals surface area contributed by atoms with Crippen molar-refractivity contribution < 1.29 is 4.79 Å². The smallest absolute Gasteiger partial charge is 0.240 e. The molecule has 1 fully saturated rings. The fourth-order valence-electron chi connectivity index (χ4n) is 2.95. The van der Waals surface area contributed by atoms with E-state index in [-0.39, 0.29) is 11.9 Å². The van der Waals surface area contributed by atoms with Gasteiger partial charge in [0.1, 0.15) is 12.1 Å². The van der Waals surface area contributed by atoms with E-state index >= 15 is 0 Å². The highest BCUT2D eigenvalue weighted by Gasteiger charge is 2.31. The Labute approximate surface area is 142 Å². The normalized spacial score (nSPS) is 17.8. The van der Waals surface area contributed by atoms with Gasteiger partial charge in [0.05, 0.1) is 23.4 Å². The third-order valence-corrected chi connectivity index (χ3v) is 4.31. The van der Waals surface area contributed by atoms with E-state index in [0.29, 0.717) is 18.5 Å². The van der Waals surface area contributed by atoms with Gasteiger partial charge in [0, 0.05) is 13.1 Å². The molecule has 3 N–H and O–H groups in total. The molecule has 0 bridgehead atoms. The molecule has 2 rings (SSSR count). The van der Waals surface area contributed by atoms with Crippen LogP contribution in [-0.2, 0) is 4.79 Å². The first-order valence-electron chi connectivity index (χ1n) is 8.36. The summed E-state index contributed by atoms with van der Waals surface area (Å²) < 4.78 is 0. The molecule has 1 heterocycles. The third-order valence-electron chi connectivity index (χ3n) is 4.31. The first-order valence-corrected chi connectivity index (χ1v) is 8.36. The van der Waals surface area contributed by atoms with Gasteiger partial charge in [-0.15, -0.1) is 0 Å². The number of likely N-dealkylation sites (tertiary alicyclic amines) is 1. The minimum absolute atomic E-state index is 0.109. The van der Waals surface area contributed by atoms with E-state index < -0.39 is 6.04 Å². The number of nitrogens with two attached hydrogens (primary N) is 1. The highest BCUT2D eigenvalue weighted by Crippen LogP contribution is 2.18. The summed E-state index contributed by atoms with van der Waals surface area (Å²) in [5.74, 6) is -0.109. The summed E-state index contributed by atoms with van der Waals surface area (Å²) in [7, 11) is 0. The van der Waals surface area contributed by atoms with Gasteiger partial charge in [0.25, 0.3) is 0 Å². The van der Waals surface area contributed by atoms with Crippen LogP contribution in [0.5, 0.6) is 0 Å². The van der Waals surface area contributed by atoms with Gasteiger partial charge in [-0.2, -0.15) is 10.5 Å². The van der Waals surface area contributed by atoms with Crippen LogP contribution < -0.4 is 11.1 Å². The van der Waals surface area contributed by atoms with Crippen LogP contribution in [0.4, 0.5) is 5.69 Å². The lowest BCUT2D eigenvalue weighted by Crippen LogP contribution is -2.45. The number of amides is 1. The summed E-state index contributed by atoms with van der Waals surface area (Å²) in [6.45, 7) is 1.36. The molecule has 1 aliphatic rings. The van der Waals surface area contributed by atoms with Crippen molar-refractivity contribution in [3.8, 4) is 12.1 Å². The highest BCUT2D eigenvalue weighted by molar-refractivity contribution is 5.82. The van der Waals surface area contributed by atoms with Gasteiger partial charge < -0.3 is 16.0 Å². The summed E-state index contributed by atoms with van der Waals surface area (Å²) >= 11 is 0. The summed E-state index contributed by atoms with van der Waals surface area (Å²) in [4.78, 5) is 13.9. The van der Waals surface area contributed by atoms with Crippen LogP contribution in [0, 0.1) is 22.7 Å². The van der Waals surface area contributed by atoms with Crippen molar-refractivity contribution in [3.63, 3.8) is 0 Å². The number of para-hydroxylation sites is 1. The summed E-state index contributed by atoms with van der Waals surface area (Å²) in [5.41, 5.74) is 7.44. The molecular weight excluding hydrogens is 302 g/mol. The molecule has 6 nitrogen and oxygen atoms in total. The predicted octanol–water partition coefficient (Wildman–Crippen LogP) is 1.98. The molecule has 0 unspecified atom stereocenters. The summed E-state index contributed by atoms with van der Waals surface area (Å²) in [6, 6.07) is 10.8. The van der Waals surface area contributed by atoms with E-state index in [2.05, 4.69) is 17.5 Å². The standard InChI is InChI=1S/C18H23N5O/c19-12-14-6-1-2-9-17(14)22-10-4-3-8-16(21)18(24)23-11-5-7-15(23)13-20/h1-2,6,9,15-16,22H,3-5,7-8,10-11,21H2/t15-,16-/m0/s1. The second-order valence-corrected chi connectivity index (χ2v) is 6.01. The Morgan fingerprint density at radius 1 is 1.38 bits per heavy atom. The molecule has 0 saturated carbocycles. The minimum Gasteiger partial charge on any atom is -0.384 e. The third kappa shape index (κ3) is 4.47. The van der Waals surface area contributed by atoms with Crippen LogP contribution in [0.3, 0.4) is 0 Å². The zero-order valence-electron chi connectivity index (χ0n) is 13.7. The highest BCUT2D eigenvalue weighted by atomic mass is 16.2. The Kier molecular flexibility index (Phi) is 6.60. The number of carbonyl (C=O) groups excluding carboxylic acids is 1. The van der Waals surface area contributed by atoms with Crippen LogP contribution in [0.2, 0.25) is 0 Å². The fraction of sp³-hybridized carbons (Fsp3) is 0.500. The zero-order valence-corrected chi connectivity index (χ0v) is 13.7. The maximum absolute atomic E-state index is 12.3. The molecule has 1 aromatic rings. The molecule has 0 aromatic heterocycles. The largest absolute Gasteiger partial charge is 0.384 e. The van der Waals surface area contributed by atoms with Crippen molar-refractivity contribution >= 4 is 11.6 Å². The summed E-state index contributed by atoms with van der Waals surface area (Å²) in [5, 5.41) is 21.3. The number of carbonyl (C=O) groups is 1. The lowest BCUT2D eigenvalue weighted by atomic mass is 10.1. The molecule has 1 saturated heterocycles. The van der Waals surface area contributed by atoms with E-state index in [1.165, 1.54) is 0 Å². The number of nitriles is 2. The van der Waals surface area contributed by atoms with Gasteiger partial charge in [0.15, 0.2) is 0 Å². The Balaban J connectivity index is 1.70. The molecule has 2 atom stereocenters. The zero-order chi connectivity index (χ0) is 17.4. The van der Waals surface area contributed by atoms with E-state index in [1.807, 2.05) is 18.2 Å². The topological polar surface area (TPSA) is 106 Å². The van der Waals surface area contributed by atoms with E-state index in [1.54, 1.807) is 11.0 Å². The molecule has 0 spiro atoms. The number of benzene rings is 1. The van der Waals surface area contributed by atoms with Crippen molar-refractivity contribution in [1.82, 2.24) is 4.90 Å². The molecular formula is C18H23N5O. The second kappa shape index (κ2) is 8.90. The van der Waals surface area contributed by atoms with E-state index in [0.717, 1.165) is 37.9 Å². The van der Waals surface area contributed by atoms with Gasteiger partial charge in [-0.05, 0) is 44.2 Å². The van der Waals surface area contributed by atoms with Gasteiger partial charge in [0.2, 0.25) is 5.91 Å². The molecule has 1 aliphatic heterocycles. The molecule has 6 heteroatoms. The Morgan fingerprint density at radius 3 is 2.92 bits per heavy atom. The van der Waals surface area contributed by atoms with Gasteiger partial charge >= 0.3 is 0 Å². The van der Waals surface area contributed by atoms with Gasteiger partial charge in [-0.25, -0.2) is 0 Å². The van der Waals surface area contributed by atoms with Crippen molar-refractivity contribution in [2.75, 3.05) is 18.4 Å². The van der Waals surface area contributed by atoms with Crippen LogP contribution >= 0.6 is 0 Å². The minimum atomic E-state index is -0.537. The number of anilines is 1. The lowest BCUT2D eigenvalue weighted by Gasteiger charge is -2.23. The number of hydrogen-bond donors (Lipinski definition) is 2. The molecule has 0 radical (unpaired) electrons. The monoisotopic (exact) mass is 325 g/mol. The van der Waals surface area contributed by atoms with Crippen LogP contribution in [-0.4, -0.2) is 36.0 Å². The number of rotatable bonds is 7. The second-order valence-electron chi connectivity index (χ2n) is 6.01. The first kappa shape index (κ1) is 17.8. The maximum Gasteiger partial charge on any atom is 0.240 e. The van der Waals surface area contributed by atoms with Crippen LogP contribution in [0.1, 0.15) is 37.7 Å². The average Bonchev–Trinajstić information content (AvgIpc) is 3.09. The molecule has 0 aliphatic carbocycles. The maximum atomic E-state index is 12.3. The van der Waals surface area contributed by atoms with Crippen molar-refractivity contribution in [1.29, 1.82) is 10.5 Å². The van der Waals surface area contributed by atoms with E-state index in [9.17, 15) is 4.79 Å². The quantitative estimate of drug-likeness (QED) is 0.746. The first-order chi connectivity index (χ1) is 11.7. The number of nitrogens with zero attached hydrogens (tertiary/aromatic N) is 3. The lowest BCUT2D eigenvalue weighted by molar-refractivity contribution is -0.132. The van der Waals surface area contributed by atoms with E-state index in [4.69, 9.17) is 16.3 Å². The van der Waals surface area contributed by atoms with Crippen molar-refractivity contribution in [3.05, 3.63) is 29.8 Å². The predicted molar refractivity (Wildman–Crippen MR) is 91.8 cm³/mol. The SMILES string of the molecule is N#Cc1ccccc1NCCCC[C@H](N)C(=O)N1CCC[C@H]1C#N. The Morgan fingerprint density at radius 2 is 2.17 bits per heavy atom. The average molecular weight is 325 g/mol. The molecule has 126 valence electrons. The summed E-state index contributed by atoms with van der Waals surface area (Å²) in [6.07, 6.45) is 3.91. The van der Waals surface area contributed by atoms with Gasteiger partial charge in [-0.1, -0.05) is 12.1 Å². The fourth-order valence-corrected chi connectivity index (χ4v) is 2.95. The number of unbranched alkanes of at least 4 members (excludes halogenated alkanes) is 1. The Bertz CT molecular complexity index is 646. The van der Waals surface area contributed by atoms with Crippen LogP contribution in [0.25, 0.3) is 0 Å². The number of hydrogen-bond acceptors (Lipinski definition) is 5. The van der Waals surface area contributed by atoms with Crippen molar-refractivity contribution in [2.24, 2.45) is 5.73 Å². The molecule has 24 heavy (non-hydrogen) atoms. The van der Waals surface area contributed by atoms with Gasteiger partial charge in [-0.3, -0.25) is 4.79 Å². The molecule has 1 amide bonds. The Hall–Kier alpha value is -2.57. The number of nitrogens with one attached hydrogen (secondary N) is 1. The van der Waals surface area contributed by atoms with Crippen LogP contribution in [0.15, 0.2) is 24.3 Å². The van der Waals surface area contributed by atoms with Crippen molar-refractivity contribution in [2.45, 2.75) is 44.2 Å². The molecule has 1 aromatic carbocycles.